The third-order valence-electron chi connectivity index (χ3n) is 4.63. The van der Waals surface area contributed by atoms with E-state index >= 15 is 0 Å². The van der Waals surface area contributed by atoms with Crippen LogP contribution < -0.4 is 10.6 Å². The van der Waals surface area contributed by atoms with E-state index < -0.39 is 12.1 Å². The van der Waals surface area contributed by atoms with Crippen molar-refractivity contribution in [3.8, 4) is 0 Å². The van der Waals surface area contributed by atoms with E-state index in [1.807, 2.05) is 18.2 Å². The average Bonchev–Trinajstić information content (AvgIpc) is 3.49. The lowest BCUT2D eigenvalue weighted by Gasteiger charge is -2.17. The second-order valence-electron chi connectivity index (χ2n) is 6.84. The number of carboxylic acid groups (broad SMARTS) is 1. The summed E-state index contributed by atoms with van der Waals surface area (Å²) in [5.41, 5.74) is 0.744. The molecule has 5 nitrogen and oxygen atoms in total. The van der Waals surface area contributed by atoms with Crippen molar-refractivity contribution in [3.63, 3.8) is 0 Å². The maximum absolute atomic E-state index is 10.6. The smallest absolute Gasteiger partial charge is 0.475 e. The zero-order valence-corrected chi connectivity index (χ0v) is 15.6. The molecule has 1 aromatic rings. The fourth-order valence-electron chi connectivity index (χ4n) is 3.00. The van der Waals surface area contributed by atoms with Crippen molar-refractivity contribution in [3.05, 3.63) is 28.2 Å². The molecular formula is C17H18Cl2F3N3O2. The minimum absolute atomic E-state index is 0.436. The molecule has 0 radical (unpaired) electrons. The monoisotopic (exact) mass is 423 g/mol. The molecule has 3 N–H and O–H groups in total. The Balaban J connectivity index is 0.000000260. The Bertz CT molecular complexity index is 729. The van der Waals surface area contributed by atoms with E-state index in [1.165, 1.54) is 25.7 Å². The number of benzene rings is 1. The Morgan fingerprint density at radius 3 is 2.11 bits per heavy atom. The number of aliphatic imine (C=N–C) groups is 1. The van der Waals surface area contributed by atoms with Crippen LogP contribution in [0.1, 0.15) is 25.7 Å². The largest absolute Gasteiger partial charge is 0.490 e. The second kappa shape index (κ2) is 7.75. The molecule has 2 aliphatic carbocycles. The molecular weight excluding hydrogens is 406 g/mol. The molecule has 2 unspecified atom stereocenters. The lowest BCUT2D eigenvalue weighted by atomic mass is 10.0. The van der Waals surface area contributed by atoms with Gasteiger partial charge >= 0.3 is 12.1 Å². The Morgan fingerprint density at radius 1 is 1.15 bits per heavy atom. The molecule has 27 heavy (non-hydrogen) atoms. The summed E-state index contributed by atoms with van der Waals surface area (Å²) >= 11 is 12.4. The van der Waals surface area contributed by atoms with Crippen molar-refractivity contribution in [2.75, 3.05) is 5.32 Å². The highest BCUT2D eigenvalue weighted by molar-refractivity contribution is 6.39. The Hall–Kier alpha value is -1.67. The molecule has 1 heterocycles. The number of aliphatic carboxylic acids is 1. The lowest BCUT2D eigenvalue weighted by Crippen LogP contribution is -2.39. The first-order chi connectivity index (χ1) is 12.7. The first-order valence-electron chi connectivity index (χ1n) is 8.52. The van der Waals surface area contributed by atoms with E-state index in [4.69, 9.17) is 38.1 Å². The maximum atomic E-state index is 10.6. The standard InChI is InChI=1S/C15H17Cl2N3.C2HF3O2/c16-10-2-1-3-11(17)14(10)20-15-18-12(8-4-5-8)13(19-15)9-6-7-9;3-2(4,5)1(6)7/h1-3,8-9,12-13H,4-7H2,(H2,18,19,20);(H,6,7). The average molecular weight is 424 g/mol. The zero-order valence-electron chi connectivity index (χ0n) is 14.1. The van der Waals surface area contributed by atoms with Gasteiger partial charge in [0.05, 0.1) is 27.8 Å². The first kappa shape index (κ1) is 20.1. The van der Waals surface area contributed by atoms with E-state index in [0.717, 1.165) is 23.5 Å². The van der Waals surface area contributed by atoms with Gasteiger partial charge in [0.1, 0.15) is 0 Å². The van der Waals surface area contributed by atoms with E-state index in [-0.39, 0.29) is 0 Å². The van der Waals surface area contributed by atoms with E-state index in [0.29, 0.717) is 22.1 Å². The van der Waals surface area contributed by atoms with Crippen molar-refractivity contribution in [2.24, 2.45) is 16.8 Å². The maximum Gasteiger partial charge on any atom is 0.490 e. The second-order valence-corrected chi connectivity index (χ2v) is 7.65. The molecule has 0 amide bonds. The van der Waals surface area contributed by atoms with Gasteiger partial charge < -0.3 is 15.7 Å². The van der Waals surface area contributed by atoms with Crippen LogP contribution in [0.4, 0.5) is 18.9 Å². The van der Waals surface area contributed by atoms with Crippen LogP contribution >= 0.6 is 23.2 Å². The number of halogens is 5. The van der Waals surface area contributed by atoms with E-state index in [9.17, 15) is 13.2 Å². The van der Waals surface area contributed by atoms with Crippen LogP contribution in [-0.2, 0) is 4.79 Å². The number of hydrogen-bond acceptors (Lipinski definition) is 4. The molecule has 2 saturated carbocycles. The number of carbonyl (C=O) groups is 1. The van der Waals surface area contributed by atoms with E-state index in [1.54, 1.807) is 0 Å². The van der Waals surface area contributed by atoms with Gasteiger partial charge in [-0.15, -0.1) is 0 Å². The fraction of sp³-hybridized carbons (Fsp3) is 0.529. The van der Waals surface area contributed by atoms with Crippen molar-refractivity contribution >= 4 is 40.8 Å². The number of rotatable bonds is 3. The summed E-state index contributed by atoms with van der Waals surface area (Å²) in [7, 11) is 0. The molecule has 3 aliphatic rings. The molecule has 0 saturated heterocycles. The van der Waals surface area contributed by atoms with Crippen LogP contribution in [0.5, 0.6) is 0 Å². The fourth-order valence-corrected chi connectivity index (χ4v) is 3.49. The SMILES string of the molecule is Clc1cccc(Cl)c1NC1=NC(C2CC2)C(C2CC2)N1.O=C(O)C(F)(F)F. The molecule has 2 atom stereocenters. The van der Waals surface area contributed by atoms with Gasteiger partial charge in [-0.05, 0) is 49.7 Å². The molecule has 0 spiro atoms. The molecule has 148 valence electrons. The molecule has 1 aliphatic heterocycles. The minimum atomic E-state index is -5.08. The van der Waals surface area contributed by atoms with Crippen molar-refractivity contribution in [1.82, 2.24) is 5.32 Å². The highest BCUT2D eigenvalue weighted by Gasteiger charge is 2.47. The molecule has 0 aromatic heterocycles. The Labute approximate surface area is 163 Å². The number of hydrogen-bond donors (Lipinski definition) is 3. The van der Waals surface area contributed by atoms with E-state index in [2.05, 4.69) is 10.6 Å². The van der Waals surface area contributed by atoms with Crippen molar-refractivity contribution in [2.45, 2.75) is 43.9 Å². The van der Waals surface area contributed by atoms with Crippen LogP contribution in [0.2, 0.25) is 10.0 Å². The van der Waals surface area contributed by atoms with Crippen LogP contribution in [0.25, 0.3) is 0 Å². The molecule has 10 heteroatoms. The van der Waals surface area contributed by atoms with Crippen LogP contribution in [0.15, 0.2) is 23.2 Å². The van der Waals surface area contributed by atoms with Crippen LogP contribution in [0.3, 0.4) is 0 Å². The van der Waals surface area contributed by atoms with Crippen molar-refractivity contribution in [1.29, 1.82) is 0 Å². The van der Waals surface area contributed by atoms with Gasteiger partial charge in [0.2, 0.25) is 0 Å². The minimum Gasteiger partial charge on any atom is -0.475 e. The van der Waals surface area contributed by atoms with Gasteiger partial charge in [-0.25, -0.2) is 9.79 Å². The number of guanidine groups is 1. The molecule has 0 bridgehead atoms. The normalized spacial score (nSPS) is 24.4. The number of alkyl halides is 3. The summed E-state index contributed by atoms with van der Waals surface area (Å²) in [6.07, 6.45) is 0.214. The number of nitrogens with one attached hydrogen (secondary N) is 2. The molecule has 4 rings (SSSR count). The highest BCUT2D eigenvalue weighted by Crippen LogP contribution is 2.44. The summed E-state index contributed by atoms with van der Waals surface area (Å²) in [6, 6.07) is 6.46. The summed E-state index contributed by atoms with van der Waals surface area (Å²) in [5.74, 6) is -0.360. The predicted molar refractivity (Wildman–Crippen MR) is 97.4 cm³/mol. The molecule has 2 fully saturated rings. The number of anilines is 1. The quantitative estimate of drug-likeness (QED) is 0.666. The van der Waals surface area contributed by atoms with Crippen LogP contribution in [0, 0.1) is 11.8 Å². The van der Waals surface area contributed by atoms with Crippen molar-refractivity contribution < 1.29 is 23.1 Å². The van der Waals surface area contributed by atoms with Gasteiger partial charge in [-0.2, -0.15) is 13.2 Å². The van der Waals surface area contributed by atoms with Gasteiger partial charge in [0.25, 0.3) is 0 Å². The summed E-state index contributed by atoms with van der Waals surface area (Å²) < 4.78 is 31.7. The Morgan fingerprint density at radius 2 is 1.67 bits per heavy atom. The zero-order chi connectivity index (χ0) is 19.8. The Kier molecular flexibility index (Phi) is 5.76. The van der Waals surface area contributed by atoms with Gasteiger partial charge in [-0.3, -0.25) is 0 Å². The topological polar surface area (TPSA) is 73.7 Å². The number of para-hydroxylation sites is 1. The third kappa shape index (κ3) is 5.19. The summed E-state index contributed by atoms with van der Waals surface area (Å²) in [4.78, 5) is 13.7. The highest BCUT2D eigenvalue weighted by atomic mass is 35.5. The van der Waals surface area contributed by atoms with Gasteiger partial charge in [0.15, 0.2) is 5.96 Å². The first-order valence-corrected chi connectivity index (χ1v) is 9.28. The third-order valence-corrected chi connectivity index (χ3v) is 5.26. The van der Waals surface area contributed by atoms with Gasteiger partial charge in [0, 0.05) is 0 Å². The summed E-state index contributed by atoms with van der Waals surface area (Å²) in [6.45, 7) is 0. The lowest BCUT2D eigenvalue weighted by molar-refractivity contribution is -0.192. The predicted octanol–water partition coefficient (Wildman–Crippen LogP) is 4.56. The number of nitrogens with zero attached hydrogens (tertiary/aromatic N) is 1. The molecule has 1 aromatic carbocycles. The van der Waals surface area contributed by atoms with Gasteiger partial charge in [-0.1, -0.05) is 29.3 Å². The summed E-state index contributed by atoms with van der Waals surface area (Å²) in [5, 5.41) is 15.2. The number of carboxylic acids is 1. The van der Waals surface area contributed by atoms with Crippen LogP contribution in [-0.4, -0.2) is 35.3 Å².